The number of nitrogens with zero attached hydrogens (tertiary/aromatic N) is 2. The van der Waals surface area contributed by atoms with Crippen LogP contribution in [-0.2, 0) is 0 Å². The molecule has 4 rings (SSSR count). The Labute approximate surface area is 150 Å². The molecule has 2 heterocycles. The summed E-state index contributed by atoms with van der Waals surface area (Å²) < 4.78 is 2.47. The molecule has 0 aliphatic heterocycles. The fourth-order valence-electron chi connectivity index (χ4n) is 2.73. The summed E-state index contributed by atoms with van der Waals surface area (Å²) >= 11 is 4.79. The Morgan fingerprint density at radius 3 is 2.67 bits per heavy atom. The zero-order chi connectivity index (χ0) is 17.0. The lowest BCUT2D eigenvalue weighted by molar-refractivity contribution is 0.477. The van der Waals surface area contributed by atoms with Crippen LogP contribution in [0, 0.1) is 13.8 Å². The molecule has 0 atom stereocenters. The molecule has 24 heavy (non-hydrogen) atoms. The van der Waals surface area contributed by atoms with E-state index < -0.39 is 0 Å². The number of imidazole rings is 1. The highest BCUT2D eigenvalue weighted by molar-refractivity contribution is 9.10. The fourth-order valence-corrected chi connectivity index (χ4v) is 4.15. The van der Waals surface area contributed by atoms with E-state index in [0.29, 0.717) is 15.4 Å². The second-order valence-electron chi connectivity index (χ2n) is 5.77. The number of aromatic nitrogens is 2. The van der Waals surface area contributed by atoms with Crippen LogP contribution < -0.4 is 5.56 Å². The summed E-state index contributed by atoms with van der Waals surface area (Å²) in [7, 11) is 0. The van der Waals surface area contributed by atoms with Gasteiger partial charge in [0.25, 0.3) is 5.56 Å². The molecule has 0 saturated heterocycles. The van der Waals surface area contributed by atoms with Gasteiger partial charge in [-0.25, -0.2) is 4.98 Å². The van der Waals surface area contributed by atoms with Crippen molar-refractivity contribution >= 4 is 43.3 Å². The Morgan fingerprint density at radius 2 is 1.88 bits per heavy atom. The predicted octanol–water partition coefficient (Wildman–Crippen LogP) is 4.66. The first-order valence-electron chi connectivity index (χ1n) is 7.36. The van der Waals surface area contributed by atoms with Crippen LogP contribution in [0.3, 0.4) is 0 Å². The molecule has 4 nitrogen and oxygen atoms in total. The topological polar surface area (TPSA) is 54.6 Å². The van der Waals surface area contributed by atoms with Gasteiger partial charge in [-0.05, 0) is 55.3 Å². The molecule has 0 aliphatic carbocycles. The SMILES string of the molecule is Cc1cc2nc3sc(-c4cc(Br)ccc4O)cc(=O)n3c2cc1C. The maximum Gasteiger partial charge on any atom is 0.258 e. The van der Waals surface area contributed by atoms with Gasteiger partial charge < -0.3 is 5.11 Å². The van der Waals surface area contributed by atoms with Crippen molar-refractivity contribution in [1.29, 1.82) is 0 Å². The third kappa shape index (κ3) is 2.34. The van der Waals surface area contributed by atoms with Gasteiger partial charge >= 0.3 is 0 Å². The molecule has 0 unspecified atom stereocenters. The molecule has 1 N–H and O–H groups in total. The average Bonchev–Trinajstić information content (AvgIpc) is 2.88. The van der Waals surface area contributed by atoms with Crippen molar-refractivity contribution in [3.63, 3.8) is 0 Å². The number of benzene rings is 2. The van der Waals surface area contributed by atoms with Crippen molar-refractivity contribution in [2.24, 2.45) is 0 Å². The number of aryl methyl sites for hydroxylation is 2. The summed E-state index contributed by atoms with van der Waals surface area (Å²) in [5, 5.41) is 10.1. The van der Waals surface area contributed by atoms with Crippen LogP contribution in [0.4, 0.5) is 0 Å². The minimum atomic E-state index is -0.149. The quantitative estimate of drug-likeness (QED) is 0.505. The van der Waals surface area contributed by atoms with Crippen molar-refractivity contribution in [1.82, 2.24) is 9.38 Å². The first kappa shape index (κ1) is 15.4. The van der Waals surface area contributed by atoms with Gasteiger partial charge in [-0.15, -0.1) is 0 Å². The molecule has 120 valence electrons. The van der Waals surface area contributed by atoms with Gasteiger partial charge in [0.1, 0.15) is 5.75 Å². The van der Waals surface area contributed by atoms with E-state index in [1.54, 1.807) is 28.7 Å². The molecular formula is C18H13BrN2O2S. The number of phenols is 1. The van der Waals surface area contributed by atoms with Crippen LogP contribution >= 0.6 is 27.3 Å². The van der Waals surface area contributed by atoms with Crippen LogP contribution in [0.2, 0.25) is 0 Å². The molecule has 0 radical (unpaired) electrons. The molecule has 0 aliphatic rings. The first-order valence-corrected chi connectivity index (χ1v) is 8.97. The van der Waals surface area contributed by atoms with Crippen LogP contribution in [0.1, 0.15) is 11.1 Å². The molecule has 0 bridgehead atoms. The highest BCUT2D eigenvalue weighted by Crippen LogP contribution is 2.35. The van der Waals surface area contributed by atoms with Gasteiger partial charge in [-0.2, -0.15) is 0 Å². The van der Waals surface area contributed by atoms with E-state index in [4.69, 9.17) is 0 Å². The van der Waals surface area contributed by atoms with Crippen molar-refractivity contribution < 1.29 is 5.11 Å². The second kappa shape index (κ2) is 5.43. The molecule has 0 fully saturated rings. The van der Waals surface area contributed by atoms with Crippen molar-refractivity contribution in [3.8, 4) is 16.2 Å². The summed E-state index contributed by atoms with van der Waals surface area (Å²) in [4.78, 5) is 18.6. The van der Waals surface area contributed by atoms with Crippen molar-refractivity contribution in [2.45, 2.75) is 13.8 Å². The highest BCUT2D eigenvalue weighted by atomic mass is 79.9. The van der Waals surface area contributed by atoms with Gasteiger partial charge in [0.15, 0.2) is 4.96 Å². The standard InChI is InChI=1S/C18H13BrN2O2S/c1-9-5-13-14(6-10(9)2)21-17(23)8-16(24-18(21)20-13)12-7-11(19)3-4-15(12)22/h3-8,22H,1-2H3. The maximum absolute atomic E-state index is 12.7. The summed E-state index contributed by atoms with van der Waals surface area (Å²) in [5.74, 6) is 0.140. The number of hydrogen-bond donors (Lipinski definition) is 1. The summed E-state index contributed by atoms with van der Waals surface area (Å²) in [6.45, 7) is 4.06. The number of aromatic hydroxyl groups is 1. The first-order chi connectivity index (χ1) is 11.4. The lowest BCUT2D eigenvalue weighted by atomic mass is 10.1. The van der Waals surface area contributed by atoms with E-state index in [1.807, 2.05) is 26.0 Å². The molecule has 2 aromatic carbocycles. The molecule has 0 spiro atoms. The molecule has 0 saturated carbocycles. The number of rotatable bonds is 1. The minimum Gasteiger partial charge on any atom is -0.507 e. The van der Waals surface area contributed by atoms with Gasteiger partial charge in [0, 0.05) is 21.0 Å². The molecule has 6 heteroatoms. The summed E-state index contributed by atoms with van der Waals surface area (Å²) in [6, 6.07) is 10.7. The highest BCUT2D eigenvalue weighted by Gasteiger charge is 2.14. The molecule has 4 aromatic rings. The molecule has 2 aromatic heterocycles. The Balaban J connectivity index is 2.06. The number of hydrogen-bond acceptors (Lipinski definition) is 4. The van der Waals surface area contributed by atoms with Crippen LogP contribution in [-0.4, -0.2) is 14.5 Å². The largest absolute Gasteiger partial charge is 0.507 e. The zero-order valence-electron chi connectivity index (χ0n) is 13.0. The van der Waals surface area contributed by atoms with Gasteiger partial charge in [0.2, 0.25) is 0 Å². The van der Waals surface area contributed by atoms with Gasteiger partial charge in [-0.1, -0.05) is 27.3 Å². The Bertz CT molecular complexity index is 1180. The minimum absolute atomic E-state index is 0.140. The number of halogens is 1. The lowest BCUT2D eigenvalue weighted by Crippen LogP contribution is -2.10. The van der Waals surface area contributed by atoms with Crippen molar-refractivity contribution in [3.05, 3.63) is 62.4 Å². The van der Waals surface area contributed by atoms with E-state index in [9.17, 15) is 9.90 Å². The molecule has 0 amide bonds. The number of phenolic OH excluding ortho intramolecular Hbond substituents is 1. The van der Waals surface area contributed by atoms with Gasteiger partial charge in [-0.3, -0.25) is 9.20 Å². The van der Waals surface area contributed by atoms with Crippen molar-refractivity contribution in [2.75, 3.05) is 0 Å². The Morgan fingerprint density at radius 1 is 1.12 bits per heavy atom. The Kier molecular flexibility index (Phi) is 3.47. The summed E-state index contributed by atoms with van der Waals surface area (Å²) in [6.07, 6.45) is 0. The van der Waals surface area contributed by atoms with E-state index in [0.717, 1.165) is 26.6 Å². The second-order valence-corrected chi connectivity index (χ2v) is 7.69. The van der Waals surface area contributed by atoms with Gasteiger partial charge in [0.05, 0.1) is 11.0 Å². The van der Waals surface area contributed by atoms with E-state index in [2.05, 4.69) is 20.9 Å². The lowest BCUT2D eigenvalue weighted by Gasteiger charge is -2.05. The zero-order valence-corrected chi connectivity index (χ0v) is 15.4. The normalized spacial score (nSPS) is 11.5. The number of fused-ring (bicyclic) bond motifs is 3. The smallest absolute Gasteiger partial charge is 0.258 e. The third-order valence-electron chi connectivity index (χ3n) is 4.14. The fraction of sp³-hybridized carbons (Fsp3) is 0.111. The molecular weight excluding hydrogens is 388 g/mol. The third-order valence-corrected chi connectivity index (χ3v) is 5.65. The van der Waals surface area contributed by atoms with E-state index in [-0.39, 0.29) is 11.3 Å². The summed E-state index contributed by atoms with van der Waals surface area (Å²) in [5.41, 5.74) is 4.37. The predicted molar refractivity (Wildman–Crippen MR) is 101 cm³/mol. The Hall–Kier alpha value is -2.18. The van der Waals surface area contributed by atoms with Crippen LogP contribution in [0.25, 0.3) is 26.4 Å². The van der Waals surface area contributed by atoms with Crippen LogP contribution in [0.5, 0.6) is 5.75 Å². The maximum atomic E-state index is 12.7. The monoisotopic (exact) mass is 400 g/mol. The average molecular weight is 401 g/mol. The van der Waals surface area contributed by atoms with E-state index in [1.165, 1.54) is 11.3 Å². The van der Waals surface area contributed by atoms with E-state index >= 15 is 0 Å². The van der Waals surface area contributed by atoms with Crippen LogP contribution in [0.15, 0.2) is 45.7 Å².